The zero-order valence-electron chi connectivity index (χ0n) is 6.87. The lowest BCUT2D eigenvalue weighted by atomic mass is 10.1. The highest BCUT2D eigenvalue weighted by Crippen LogP contribution is 2.25. The second-order valence-electron chi connectivity index (χ2n) is 2.61. The molecule has 3 N–H and O–H groups in total. The van der Waals surface area contributed by atoms with Gasteiger partial charge in [-0.25, -0.2) is 0 Å². The van der Waals surface area contributed by atoms with E-state index in [0.29, 0.717) is 10.0 Å². The quantitative estimate of drug-likeness (QED) is 0.820. The molecule has 13 heavy (non-hydrogen) atoms. The van der Waals surface area contributed by atoms with Crippen LogP contribution in [0.25, 0.3) is 0 Å². The monoisotopic (exact) mass is 240 g/mol. The fraction of sp³-hybridized carbons (Fsp3) is 0.222. The van der Waals surface area contributed by atoms with E-state index < -0.39 is 6.04 Å². The highest BCUT2D eigenvalue weighted by atomic mass is 79.9. The van der Waals surface area contributed by atoms with Crippen molar-refractivity contribution in [3.05, 3.63) is 33.8 Å². The highest BCUT2D eigenvalue weighted by Gasteiger charge is 2.10. The summed E-state index contributed by atoms with van der Waals surface area (Å²) in [5, 5.41) is 17.6. The summed E-state index contributed by atoms with van der Waals surface area (Å²) < 4.78 is 0.666. The Balaban J connectivity index is 3.17. The Labute approximate surface area is 84.9 Å². The van der Waals surface area contributed by atoms with E-state index in [1.54, 1.807) is 18.2 Å². The van der Waals surface area contributed by atoms with Crippen LogP contribution in [0.1, 0.15) is 17.2 Å². The van der Waals surface area contributed by atoms with Gasteiger partial charge in [0.2, 0.25) is 0 Å². The summed E-state index contributed by atoms with van der Waals surface area (Å²) in [5.41, 5.74) is 6.91. The summed E-state index contributed by atoms with van der Waals surface area (Å²) >= 11 is 3.27. The Hall–Kier alpha value is -0.890. The SMILES string of the molecule is N#Cc1cccc([C@H](N)CO)c1Br. The first-order valence-electron chi connectivity index (χ1n) is 3.75. The molecule has 0 heterocycles. The molecule has 1 rings (SSSR count). The molecule has 0 aliphatic rings. The molecule has 0 saturated carbocycles. The lowest BCUT2D eigenvalue weighted by Crippen LogP contribution is -2.15. The first-order chi connectivity index (χ1) is 6.20. The summed E-state index contributed by atoms with van der Waals surface area (Å²) in [7, 11) is 0. The minimum Gasteiger partial charge on any atom is -0.394 e. The zero-order valence-corrected chi connectivity index (χ0v) is 8.45. The van der Waals surface area contributed by atoms with E-state index in [9.17, 15) is 0 Å². The standard InChI is InChI=1S/C9H9BrN2O/c10-9-6(4-11)2-1-3-7(9)8(12)5-13/h1-3,8,13H,5,12H2/t8-/m1/s1. The van der Waals surface area contributed by atoms with E-state index >= 15 is 0 Å². The molecule has 0 radical (unpaired) electrons. The van der Waals surface area contributed by atoms with Crippen molar-refractivity contribution in [3.63, 3.8) is 0 Å². The largest absolute Gasteiger partial charge is 0.394 e. The minimum absolute atomic E-state index is 0.131. The van der Waals surface area contributed by atoms with Crippen LogP contribution in [0.15, 0.2) is 22.7 Å². The fourth-order valence-corrected chi connectivity index (χ4v) is 1.67. The number of nitrogens with zero attached hydrogens (tertiary/aromatic N) is 1. The van der Waals surface area contributed by atoms with Crippen LogP contribution in [-0.2, 0) is 0 Å². The van der Waals surface area contributed by atoms with Crippen LogP contribution in [0.2, 0.25) is 0 Å². The number of benzene rings is 1. The molecule has 0 spiro atoms. The van der Waals surface area contributed by atoms with Crippen LogP contribution in [0.3, 0.4) is 0 Å². The Morgan fingerprint density at radius 3 is 2.85 bits per heavy atom. The van der Waals surface area contributed by atoms with Gasteiger partial charge in [-0.2, -0.15) is 5.26 Å². The minimum atomic E-state index is -0.442. The molecular formula is C9H9BrN2O. The molecule has 0 aliphatic heterocycles. The molecule has 68 valence electrons. The van der Waals surface area contributed by atoms with Gasteiger partial charge in [0.1, 0.15) is 6.07 Å². The number of aliphatic hydroxyl groups excluding tert-OH is 1. The zero-order chi connectivity index (χ0) is 9.84. The summed E-state index contributed by atoms with van der Waals surface area (Å²) in [6.07, 6.45) is 0. The molecule has 0 amide bonds. The van der Waals surface area contributed by atoms with E-state index in [0.717, 1.165) is 5.56 Å². The van der Waals surface area contributed by atoms with Crippen molar-refractivity contribution in [3.8, 4) is 6.07 Å². The predicted octanol–water partition coefficient (Wildman–Crippen LogP) is 1.31. The van der Waals surface area contributed by atoms with Crippen LogP contribution in [-0.4, -0.2) is 11.7 Å². The summed E-state index contributed by atoms with van der Waals surface area (Å²) in [5.74, 6) is 0. The van der Waals surface area contributed by atoms with E-state index in [4.69, 9.17) is 16.1 Å². The van der Waals surface area contributed by atoms with Gasteiger partial charge >= 0.3 is 0 Å². The van der Waals surface area contributed by atoms with Crippen molar-refractivity contribution in [1.29, 1.82) is 5.26 Å². The second-order valence-corrected chi connectivity index (χ2v) is 3.40. The molecular weight excluding hydrogens is 232 g/mol. The van der Waals surface area contributed by atoms with E-state index in [1.807, 2.05) is 6.07 Å². The molecule has 3 nitrogen and oxygen atoms in total. The summed E-state index contributed by atoms with van der Waals surface area (Å²) in [6, 6.07) is 6.81. The smallest absolute Gasteiger partial charge is 0.100 e. The van der Waals surface area contributed by atoms with Crippen molar-refractivity contribution in [2.24, 2.45) is 5.73 Å². The Morgan fingerprint density at radius 2 is 2.31 bits per heavy atom. The Morgan fingerprint density at radius 1 is 1.62 bits per heavy atom. The third kappa shape index (κ3) is 2.07. The van der Waals surface area contributed by atoms with Gasteiger partial charge in [0.25, 0.3) is 0 Å². The molecule has 0 bridgehead atoms. The molecule has 0 fully saturated rings. The number of halogens is 1. The average Bonchev–Trinajstić information content (AvgIpc) is 2.17. The average molecular weight is 241 g/mol. The van der Waals surface area contributed by atoms with Crippen molar-refractivity contribution < 1.29 is 5.11 Å². The maximum atomic E-state index is 8.85. The normalized spacial score (nSPS) is 12.2. The van der Waals surface area contributed by atoms with Crippen LogP contribution >= 0.6 is 15.9 Å². The van der Waals surface area contributed by atoms with Crippen molar-refractivity contribution >= 4 is 15.9 Å². The van der Waals surface area contributed by atoms with Gasteiger partial charge < -0.3 is 10.8 Å². The Kier molecular flexibility index (Phi) is 3.43. The number of hydrogen-bond acceptors (Lipinski definition) is 3. The van der Waals surface area contributed by atoms with Gasteiger partial charge in [-0.3, -0.25) is 0 Å². The molecule has 0 saturated heterocycles. The van der Waals surface area contributed by atoms with Crippen LogP contribution in [0.5, 0.6) is 0 Å². The van der Waals surface area contributed by atoms with Gasteiger partial charge in [-0.1, -0.05) is 12.1 Å². The first-order valence-corrected chi connectivity index (χ1v) is 4.55. The second kappa shape index (κ2) is 4.38. The van der Waals surface area contributed by atoms with Crippen LogP contribution in [0, 0.1) is 11.3 Å². The van der Waals surface area contributed by atoms with Gasteiger partial charge in [-0.05, 0) is 27.6 Å². The molecule has 1 aromatic carbocycles. The third-order valence-electron chi connectivity index (χ3n) is 1.75. The summed E-state index contributed by atoms with van der Waals surface area (Å²) in [4.78, 5) is 0. The molecule has 0 aromatic heterocycles. The maximum absolute atomic E-state index is 8.85. The predicted molar refractivity (Wildman–Crippen MR) is 52.9 cm³/mol. The van der Waals surface area contributed by atoms with Gasteiger partial charge in [0.15, 0.2) is 0 Å². The molecule has 4 heteroatoms. The molecule has 1 aromatic rings. The van der Waals surface area contributed by atoms with Crippen molar-refractivity contribution in [2.45, 2.75) is 6.04 Å². The molecule has 1 atom stereocenters. The van der Waals surface area contributed by atoms with Crippen LogP contribution < -0.4 is 5.73 Å². The number of aliphatic hydroxyl groups is 1. The van der Waals surface area contributed by atoms with E-state index in [2.05, 4.69) is 15.9 Å². The lowest BCUT2D eigenvalue weighted by Gasteiger charge is -2.10. The van der Waals surface area contributed by atoms with Crippen molar-refractivity contribution in [2.75, 3.05) is 6.61 Å². The van der Waals surface area contributed by atoms with Gasteiger partial charge in [-0.15, -0.1) is 0 Å². The Bertz CT molecular complexity index is 346. The topological polar surface area (TPSA) is 70.0 Å². The van der Waals surface area contributed by atoms with Crippen LogP contribution in [0.4, 0.5) is 0 Å². The maximum Gasteiger partial charge on any atom is 0.100 e. The number of rotatable bonds is 2. The molecule has 0 aliphatic carbocycles. The number of nitrogens with two attached hydrogens (primary N) is 1. The molecule has 0 unspecified atom stereocenters. The highest BCUT2D eigenvalue weighted by molar-refractivity contribution is 9.10. The first kappa shape index (κ1) is 10.2. The lowest BCUT2D eigenvalue weighted by molar-refractivity contribution is 0.267. The number of nitriles is 1. The summed E-state index contributed by atoms with van der Waals surface area (Å²) in [6.45, 7) is -0.131. The third-order valence-corrected chi connectivity index (χ3v) is 2.63. The van der Waals surface area contributed by atoms with Gasteiger partial charge in [0.05, 0.1) is 18.2 Å². The van der Waals surface area contributed by atoms with E-state index in [-0.39, 0.29) is 6.61 Å². The van der Waals surface area contributed by atoms with Crippen molar-refractivity contribution in [1.82, 2.24) is 0 Å². The van der Waals surface area contributed by atoms with E-state index in [1.165, 1.54) is 0 Å². The number of hydrogen-bond donors (Lipinski definition) is 2. The van der Waals surface area contributed by atoms with Gasteiger partial charge in [0, 0.05) is 4.47 Å². The fourth-order valence-electron chi connectivity index (χ4n) is 1.02.